The largest absolute Gasteiger partial charge is 0.497 e. The van der Waals surface area contributed by atoms with Crippen LogP contribution in [0.25, 0.3) is 28.0 Å². The fourth-order valence-electron chi connectivity index (χ4n) is 8.88. The molecule has 0 bridgehead atoms. The number of fused-ring (bicyclic) bond motifs is 8. The molecule has 0 saturated heterocycles. The lowest BCUT2D eigenvalue weighted by molar-refractivity contribution is 0.163. The number of para-hydroxylation sites is 2. The zero-order valence-corrected chi connectivity index (χ0v) is 29.8. The zero-order valence-electron chi connectivity index (χ0n) is 29.8. The number of methoxy groups -OCH3 is 1. The number of ether oxygens (including phenoxy) is 2. The van der Waals surface area contributed by atoms with Crippen molar-refractivity contribution in [2.24, 2.45) is 0 Å². The van der Waals surface area contributed by atoms with Crippen molar-refractivity contribution in [2.75, 3.05) is 12.0 Å². The van der Waals surface area contributed by atoms with Gasteiger partial charge in [0.15, 0.2) is 5.60 Å². The Morgan fingerprint density at radius 3 is 1.73 bits per heavy atom. The lowest BCUT2D eigenvalue weighted by Gasteiger charge is -2.39. The first-order chi connectivity index (χ1) is 25.6. The number of benzene rings is 7. The van der Waals surface area contributed by atoms with Crippen molar-refractivity contribution in [3.05, 3.63) is 192 Å². The summed E-state index contributed by atoms with van der Waals surface area (Å²) in [5, 5.41) is 2.37. The maximum atomic E-state index is 7.61. The van der Waals surface area contributed by atoms with E-state index >= 15 is 0 Å². The van der Waals surface area contributed by atoms with E-state index in [0.29, 0.717) is 0 Å². The smallest absolute Gasteiger partial charge is 0.178 e. The fourth-order valence-corrected chi connectivity index (χ4v) is 8.88. The van der Waals surface area contributed by atoms with Crippen LogP contribution in [0.2, 0.25) is 0 Å². The Labute approximate surface area is 306 Å². The van der Waals surface area contributed by atoms with Crippen LogP contribution in [-0.2, 0) is 11.0 Å². The average Bonchev–Trinajstić information content (AvgIpc) is 3.53. The van der Waals surface area contributed by atoms with Gasteiger partial charge in [0.1, 0.15) is 11.5 Å². The highest BCUT2D eigenvalue weighted by Gasteiger charge is 2.46. The summed E-state index contributed by atoms with van der Waals surface area (Å²) in [5.41, 5.74) is 11.1. The first kappa shape index (κ1) is 31.9. The van der Waals surface area contributed by atoms with Gasteiger partial charge in [-0.3, -0.25) is 0 Å². The van der Waals surface area contributed by atoms with E-state index in [9.17, 15) is 0 Å². The summed E-state index contributed by atoms with van der Waals surface area (Å²) in [6.45, 7) is 4.67. The normalized spacial score (nSPS) is 16.4. The summed E-state index contributed by atoms with van der Waals surface area (Å²) in [4.78, 5) is 2.29. The van der Waals surface area contributed by atoms with Crippen molar-refractivity contribution in [1.29, 1.82) is 0 Å². The van der Waals surface area contributed by atoms with Crippen molar-refractivity contribution in [3.8, 4) is 22.6 Å². The molecular weight excluding hydrogens is 635 g/mol. The van der Waals surface area contributed by atoms with E-state index in [1.807, 2.05) is 12.1 Å². The van der Waals surface area contributed by atoms with Gasteiger partial charge in [-0.25, -0.2) is 0 Å². The Hall–Kier alpha value is -6.06. The Bertz CT molecular complexity index is 2390. The highest BCUT2D eigenvalue weighted by molar-refractivity contribution is 6.08. The molecule has 1 aliphatic heterocycles. The topological polar surface area (TPSA) is 21.7 Å². The summed E-state index contributed by atoms with van der Waals surface area (Å²) in [5.74, 6) is 1.75. The van der Waals surface area contributed by atoms with E-state index < -0.39 is 5.60 Å². The minimum atomic E-state index is -0.883. The first-order valence-corrected chi connectivity index (χ1v) is 18.3. The van der Waals surface area contributed by atoms with Crippen molar-refractivity contribution < 1.29 is 9.47 Å². The minimum Gasteiger partial charge on any atom is -0.497 e. The maximum Gasteiger partial charge on any atom is 0.178 e. The van der Waals surface area contributed by atoms with Crippen LogP contribution in [0.15, 0.2) is 164 Å². The molecule has 1 aliphatic carbocycles. The third-order valence-electron chi connectivity index (χ3n) is 11.5. The zero-order chi connectivity index (χ0) is 35.3. The van der Waals surface area contributed by atoms with Crippen molar-refractivity contribution >= 4 is 33.9 Å². The fraction of sp³-hybridized carbons (Fsp3) is 0.143. The van der Waals surface area contributed by atoms with Gasteiger partial charge in [-0.1, -0.05) is 129 Å². The second-order valence-electron chi connectivity index (χ2n) is 13.8. The molecule has 9 rings (SSSR count). The molecule has 3 heteroatoms. The van der Waals surface area contributed by atoms with E-state index in [0.717, 1.165) is 57.9 Å². The highest BCUT2D eigenvalue weighted by Crippen LogP contribution is 2.60. The molecule has 0 amide bonds. The van der Waals surface area contributed by atoms with E-state index in [-0.39, 0.29) is 5.41 Å². The summed E-state index contributed by atoms with van der Waals surface area (Å²) in [7, 11) is 1.71. The van der Waals surface area contributed by atoms with Gasteiger partial charge in [0.2, 0.25) is 0 Å². The quantitative estimate of drug-likeness (QED) is 0.160. The second-order valence-corrected chi connectivity index (χ2v) is 13.8. The van der Waals surface area contributed by atoms with Crippen LogP contribution in [0.5, 0.6) is 11.5 Å². The monoisotopic (exact) mass is 675 g/mol. The van der Waals surface area contributed by atoms with E-state index in [1.165, 1.54) is 33.2 Å². The molecule has 7 aromatic carbocycles. The summed E-state index contributed by atoms with van der Waals surface area (Å²) < 4.78 is 13.2. The predicted molar refractivity (Wildman–Crippen MR) is 215 cm³/mol. The van der Waals surface area contributed by atoms with Crippen molar-refractivity contribution in [3.63, 3.8) is 0 Å². The summed E-state index contributed by atoms with van der Waals surface area (Å²) in [6.07, 6.45) is 6.66. The molecule has 3 nitrogen and oxygen atoms in total. The molecule has 0 spiro atoms. The molecule has 1 unspecified atom stereocenters. The molecule has 0 fully saturated rings. The Morgan fingerprint density at radius 2 is 1.12 bits per heavy atom. The Morgan fingerprint density at radius 1 is 0.577 bits per heavy atom. The molecule has 2 aliphatic rings. The highest BCUT2D eigenvalue weighted by atomic mass is 16.5. The van der Waals surface area contributed by atoms with Gasteiger partial charge in [-0.05, 0) is 95.1 Å². The number of anilines is 3. The maximum absolute atomic E-state index is 7.61. The van der Waals surface area contributed by atoms with Crippen LogP contribution in [0, 0.1) is 0 Å². The van der Waals surface area contributed by atoms with Crippen molar-refractivity contribution in [1.82, 2.24) is 0 Å². The van der Waals surface area contributed by atoms with Crippen LogP contribution in [0.1, 0.15) is 54.5 Å². The molecule has 1 atom stereocenters. The van der Waals surface area contributed by atoms with Gasteiger partial charge >= 0.3 is 0 Å². The van der Waals surface area contributed by atoms with Gasteiger partial charge in [0, 0.05) is 44.6 Å². The molecule has 0 aromatic heterocycles. The second kappa shape index (κ2) is 12.6. The van der Waals surface area contributed by atoms with Crippen molar-refractivity contribution in [2.45, 2.75) is 37.7 Å². The van der Waals surface area contributed by atoms with Gasteiger partial charge in [-0.15, -0.1) is 0 Å². The van der Waals surface area contributed by atoms with E-state index in [1.54, 1.807) is 7.11 Å². The molecular formula is C49H41NO2. The van der Waals surface area contributed by atoms with Gasteiger partial charge in [-0.2, -0.15) is 0 Å². The number of hydrogen-bond acceptors (Lipinski definition) is 3. The van der Waals surface area contributed by atoms with Gasteiger partial charge in [0.05, 0.1) is 7.11 Å². The summed E-state index contributed by atoms with van der Waals surface area (Å²) >= 11 is 0. The van der Waals surface area contributed by atoms with Crippen LogP contribution < -0.4 is 14.4 Å². The predicted octanol–water partition coefficient (Wildman–Crippen LogP) is 12.8. The van der Waals surface area contributed by atoms with Gasteiger partial charge in [0.25, 0.3) is 0 Å². The van der Waals surface area contributed by atoms with E-state index in [2.05, 4.69) is 176 Å². The third-order valence-corrected chi connectivity index (χ3v) is 11.5. The average molecular weight is 676 g/mol. The standard InChI is InChI=1S/C49H41NO2/c1-4-48(5-2)44-23-15-14-22-42(44)45-40-20-12-13-21-41(40)47-43(46(45)48)32-33-49(52-47,35-26-30-39(51-3)31-27-35)34-24-28-38(29-25-34)50(36-16-8-6-9-17-36)37-18-10-7-11-19-37/h6-33H,4-5H2,1-3H3. The molecule has 254 valence electrons. The third kappa shape index (κ3) is 4.73. The van der Waals surface area contributed by atoms with Crippen LogP contribution in [0.4, 0.5) is 17.1 Å². The Kier molecular flexibility index (Phi) is 7.73. The van der Waals surface area contributed by atoms with Crippen LogP contribution in [0.3, 0.4) is 0 Å². The molecule has 0 saturated carbocycles. The van der Waals surface area contributed by atoms with Crippen LogP contribution >= 0.6 is 0 Å². The Balaban J connectivity index is 1.25. The minimum absolute atomic E-state index is 0.103. The lowest BCUT2D eigenvalue weighted by atomic mass is 9.71. The lowest BCUT2D eigenvalue weighted by Crippen LogP contribution is -2.35. The number of rotatable bonds is 8. The number of hydrogen-bond donors (Lipinski definition) is 0. The number of nitrogens with zero attached hydrogens (tertiary/aromatic N) is 1. The molecule has 0 radical (unpaired) electrons. The molecule has 7 aromatic rings. The summed E-state index contributed by atoms with van der Waals surface area (Å²) in [6, 6.07) is 56.1. The van der Waals surface area contributed by atoms with Crippen LogP contribution in [-0.4, -0.2) is 7.11 Å². The SMILES string of the molecule is CCC1(CC)c2ccccc2-c2c1c1c(c3ccccc23)OC(c2ccc(OC)cc2)(c2ccc(N(c3ccccc3)c3ccccc3)cc2)C=C1. The van der Waals surface area contributed by atoms with E-state index in [4.69, 9.17) is 9.47 Å². The van der Waals surface area contributed by atoms with Gasteiger partial charge < -0.3 is 14.4 Å². The molecule has 52 heavy (non-hydrogen) atoms. The molecule has 1 heterocycles. The molecule has 0 N–H and O–H groups in total. The first-order valence-electron chi connectivity index (χ1n) is 18.3.